The zero-order chi connectivity index (χ0) is 21.1. The monoisotopic (exact) mass is 418 g/mol. The highest BCUT2D eigenvalue weighted by Gasteiger charge is 2.34. The second-order valence-corrected chi connectivity index (χ2v) is 8.05. The number of anilines is 3. The van der Waals surface area contributed by atoms with Crippen LogP contribution >= 0.6 is 0 Å². The average Bonchev–Trinajstić information content (AvgIpc) is 3.34. The van der Waals surface area contributed by atoms with Crippen molar-refractivity contribution in [2.75, 3.05) is 17.7 Å². The van der Waals surface area contributed by atoms with E-state index in [-0.39, 0.29) is 18.2 Å². The van der Waals surface area contributed by atoms with Gasteiger partial charge in [0.25, 0.3) is 0 Å². The first-order valence-corrected chi connectivity index (χ1v) is 10.3. The lowest BCUT2D eigenvalue weighted by molar-refractivity contribution is -0.0322. The van der Waals surface area contributed by atoms with Gasteiger partial charge in [0.1, 0.15) is 17.7 Å². The van der Waals surface area contributed by atoms with Crippen molar-refractivity contribution in [3.8, 4) is 0 Å². The fraction of sp³-hybridized carbons (Fsp3) is 0.333. The molecule has 10 nitrogen and oxygen atoms in total. The second-order valence-electron chi connectivity index (χ2n) is 8.05. The van der Waals surface area contributed by atoms with Crippen LogP contribution in [0.15, 0.2) is 30.7 Å². The molecular weight excluding hydrogens is 396 g/mol. The number of benzene rings is 1. The molecule has 10 heteroatoms. The Balaban J connectivity index is 1.56. The summed E-state index contributed by atoms with van der Waals surface area (Å²) < 4.78 is 9.44. The first kappa shape index (κ1) is 18.1. The number of nitrogens with one attached hydrogen (secondary N) is 3. The molecule has 0 spiro atoms. The second kappa shape index (κ2) is 6.67. The van der Waals surface area contributed by atoms with Crippen LogP contribution in [0.1, 0.15) is 18.4 Å². The summed E-state index contributed by atoms with van der Waals surface area (Å²) in [6.45, 7) is 0.459. The molecule has 2 aliphatic rings. The fourth-order valence-electron chi connectivity index (χ4n) is 4.36. The van der Waals surface area contributed by atoms with Gasteiger partial charge in [0.15, 0.2) is 5.65 Å². The van der Waals surface area contributed by atoms with Gasteiger partial charge in [-0.3, -0.25) is 4.68 Å². The Morgan fingerprint density at radius 3 is 2.97 bits per heavy atom. The number of fused-ring (bicyclic) bond motifs is 6. The number of pyridine rings is 1. The highest BCUT2D eigenvalue weighted by molar-refractivity contribution is 5.96. The van der Waals surface area contributed by atoms with Crippen LogP contribution in [-0.4, -0.2) is 49.5 Å². The number of amides is 1. The zero-order valence-electron chi connectivity index (χ0n) is 17.2. The van der Waals surface area contributed by atoms with Gasteiger partial charge in [-0.15, -0.1) is 0 Å². The van der Waals surface area contributed by atoms with Gasteiger partial charge in [-0.25, -0.2) is 19.3 Å². The molecule has 158 valence electrons. The minimum absolute atomic E-state index is 0.0147. The number of aromatic nitrogens is 5. The highest BCUT2D eigenvalue weighted by Crippen LogP contribution is 2.32. The fourth-order valence-corrected chi connectivity index (χ4v) is 4.36. The van der Waals surface area contributed by atoms with Gasteiger partial charge in [-0.05, 0) is 30.5 Å². The van der Waals surface area contributed by atoms with E-state index in [1.165, 1.54) is 10.9 Å². The molecule has 3 aromatic heterocycles. The smallest absolute Gasteiger partial charge is 0.328 e. The van der Waals surface area contributed by atoms with Gasteiger partial charge < -0.3 is 20.7 Å². The largest absolute Gasteiger partial charge is 0.386 e. The summed E-state index contributed by atoms with van der Waals surface area (Å²) in [5.74, 6) is 0.602. The quantitative estimate of drug-likeness (QED) is 0.436. The predicted octanol–water partition coefficient (Wildman–Crippen LogP) is 2.72. The standard InChI is InChI=1S/C21H22N8O2/c1-22-14-7-17-25-15-6-11(5-12-8-24-28(2)19(12)15)9-31-16-4-3-13(16)26-21(30)29-10-23-18(14)20(29)27-17/h5-8,10,13,16H,3-4,9H2,1-2H3,(H,26,30)(H2,22,25,27)/t13-,16-/m1/s1. The minimum Gasteiger partial charge on any atom is -0.386 e. The van der Waals surface area contributed by atoms with E-state index in [2.05, 4.69) is 38.2 Å². The Labute approximate surface area is 177 Å². The number of hydrogen-bond acceptors (Lipinski definition) is 7. The third-order valence-corrected chi connectivity index (χ3v) is 6.13. The molecule has 31 heavy (non-hydrogen) atoms. The van der Waals surface area contributed by atoms with E-state index in [4.69, 9.17) is 9.72 Å². The van der Waals surface area contributed by atoms with Crippen molar-refractivity contribution in [2.24, 2.45) is 7.05 Å². The van der Waals surface area contributed by atoms with E-state index < -0.39 is 0 Å². The summed E-state index contributed by atoms with van der Waals surface area (Å²) >= 11 is 0. The number of imidazole rings is 1. The molecule has 3 N–H and O–H groups in total. The molecule has 1 aromatic carbocycles. The predicted molar refractivity (Wildman–Crippen MR) is 117 cm³/mol. The summed E-state index contributed by atoms with van der Waals surface area (Å²) in [6, 6.07) is 5.77. The Morgan fingerprint density at radius 1 is 1.26 bits per heavy atom. The normalized spacial score (nSPS) is 20.6. The summed E-state index contributed by atoms with van der Waals surface area (Å²) in [5, 5.41) is 15.1. The molecule has 6 rings (SSSR count). The van der Waals surface area contributed by atoms with E-state index in [9.17, 15) is 4.79 Å². The van der Waals surface area contributed by atoms with Gasteiger partial charge in [-0.2, -0.15) is 5.10 Å². The van der Waals surface area contributed by atoms with Gasteiger partial charge >= 0.3 is 6.03 Å². The van der Waals surface area contributed by atoms with E-state index in [1.54, 1.807) is 0 Å². The summed E-state index contributed by atoms with van der Waals surface area (Å²) in [4.78, 5) is 22.1. The van der Waals surface area contributed by atoms with Gasteiger partial charge in [0.05, 0.1) is 41.8 Å². The van der Waals surface area contributed by atoms with E-state index in [0.717, 1.165) is 40.7 Å². The first-order valence-electron chi connectivity index (χ1n) is 10.3. The lowest BCUT2D eigenvalue weighted by Crippen LogP contribution is -2.52. The third kappa shape index (κ3) is 2.82. The lowest BCUT2D eigenvalue weighted by Gasteiger charge is -2.36. The van der Waals surface area contributed by atoms with Crippen LogP contribution in [0.3, 0.4) is 0 Å². The maximum atomic E-state index is 13.0. The first-order chi connectivity index (χ1) is 15.1. The van der Waals surface area contributed by atoms with Crippen molar-refractivity contribution in [1.29, 1.82) is 0 Å². The number of carbonyl (C=O) groups is 1. The van der Waals surface area contributed by atoms with Crippen molar-refractivity contribution < 1.29 is 9.53 Å². The molecule has 1 aliphatic heterocycles. The zero-order valence-corrected chi connectivity index (χ0v) is 17.2. The van der Waals surface area contributed by atoms with Gasteiger partial charge in [-0.1, -0.05) is 0 Å². The van der Waals surface area contributed by atoms with Crippen molar-refractivity contribution in [1.82, 2.24) is 29.6 Å². The topological polar surface area (TPSA) is 111 Å². The van der Waals surface area contributed by atoms with Crippen molar-refractivity contribution in [3.05, 3.63) is 36.3 Å². The SMILES string of the molecule is CNc1cc2nc3c1ncn3C(=O)N[C@@H]1CC[C@H]1OCc1cc(c3c(cnn3C)c1)N2. The molecule has 1 saturated carbocycles. The van der Waals surface area contributed by atoms with Crippen molar-refractivity contribution in [2.45, 2.75) is 31.6 Å². The van der Waals surface area contributed by atoms with E-state index >= 15 is 0 Å². The van der Waals surface area contributed by atoms with Crippen LogP contribution in [-0.2, 0) is 18.4 Å². The molecule has 1 aliphatic carbocycles. The number of rotatable bonds is 1. The van der Waals surface area contributed by atoms with Crippen LogP contribution in [0, 0.1) is 0 Å². The van der Waals surface area contributed by atoms with Crippen molar-refractivity contribution in [3.63, 3.8) is 0 Å². The van der Waals surface area contributed by atoms with Crippen LogP contribution in [0.5, 0.6) is 0 Å². The van der Waals surface area contributed by atoms with Crippen LogP contribution < -0.4 is 16.0 Å². The molecule has 4 aromatic rings. The number of ether oxygens (including phenoxy) is 1. The molecule has 2 atom stereocenters. The molecule has 1 amide bonds. The van der Waals surface area contributed by atoms with Crippen LogP contribution in [0.25, 0.3) is 22.1 Å². The Bertz CT molecular complexity index is 1340. The number of carbonyl (C=O) groups excluding carboxylic acids is 1. The number of nitrogens with zero attached hydrogens (tertiary/aromatic N) is 5. The summed E-state index contributed by atoms with van der Waals surface area (Å²) in [5.41, 5.74) is 4.79. The molecule has 4 heterocycles. The molecule has 0 unspecified atom stereocenters. The summed E-state index contributed by atoms with van der Waals surface area (Å²) in [6.07, 6.45) is 5.15. The van der Waals surface area contributed by atoms with Crippen LogP contribution in [0.2, 0.25) is 0 Å². The maximum Gasteiger partial charge on any atom is 0.328 e. The molecule has 1 fully saturated rings. The minimum atomic E-state index is -0.253. The molecule has 0 saturated heterocycles. The van der Waals surface area contributed by atoms with Gasteiger partial charge in [0, 0.05) is 25.5 Å². The Hall–Kier alpha value is -3.66. The Morgan fingerprint density at radius 2 is 2.16 bits per heavy atom. The summed E-state index contributed by atoms with van der Waals surface area (Å²) in [7, 11) is 3.74. The Kier molecular flexibility index (Phi) is 3.90. The third-order valence-electron chi connectivity index (χ3n) is 6.13. The molecule has 4 bridgehead atoms. The molecular formula is C21H22N8O2. The van der Waals surface area contributed by atoms with Crippen LogP contribution in [0.4, 0.5) is 22.0 Å². The maximum absolute atomic E-state index is 13.0. The number of aryl methyl sites for hydroxylation is 1. The molecule has 0 radical (unpaired) electrons. The van der Waals surface area contributed by atoms with E-state index in [1.807, 2.05) is 31.0 Å². The van der Waals surface area contributed by atoms with Gasteiger partial charge in [0.2, 0.25) is 0 Å². The lowest BCUT2D eigenvalue weighted by atomic mass is 9.89. The number of hydrogen-bond donors (Lipinski definition) is 3. The highest BCUT2D eigenvalue weighted by atomic mass is 16.5. The van der Waals surface area contributed by atoms with Crippen molar-refractivity contribution >= 4 is 45.3 Å². The van der Waals surface area contributed by atoms with E-state index in [0.29, 0.717) is 23.6 Å². The average molecular weight is 418 g/mol.